The van der Waals surface area contributed by atoms with Gasteiger partial charge in [0, 0.05) is 23.7 Å². The van der Waals surface area contributed by atoms with Crippen molar-refractivity contribution in [3.63, 3.8) is 0 Å². The van der Waals surface area contributed by atoms with Crippen molar-refractivity contribution in [1.29, 1.82) is 0 Å². The van der Waals surface area contributed by atoms with Gasteiger partial charge in [-0.05, 0) is 43.2 Å². The van der Waals surface area contributed by atoms with Gasteiger partial charge in [0.05, 0.1) is 19.3 Å². The summed E-state index contributed by atoms with van der Waals surface area (Å²) in [6.07, 6.45) is 4.24. The number of carbonyl (C=O) groups excluding carboxylic acids is 1. The SMILES string of the molecule is COc1ncc(C(=O)NC2(C(=O)O)CCC(C)CC2)cc1OCCc1ccccc1Cl. The summed E-state index contributed by atoms with van der Waals surface area (Å²) in [5.41, 5.74) is -0.0954. The first-order chi connectivity index (χ1) is 14.8. The summed E-state index contributed by atoms with van der Waals surface area (Å²) in [5.74, 6) is -0.502. The minimum Gasteiger partial charge on any atom is -0.488 e. The van der Waals surface area contributed by atoms with Crippen LogP contribution < -0.4 is 14.8 Å². The Morgan fingerprint density at radius 2 is 2.00 bits per heavy atom. The molecule has 2 N–H and O–H groups in total. The van der Waals surface area contributed by atoms with E-state index in [0.29, 0.717) is 42.6 Å². The molecule has 3 rings (SSSR count). The molecule has 0 saturated heterocycles. The van der Waals surface area contributed by atoms with Gasteiger partial charge in [-0.3, -0.25) is 4.79 Å². The maximum Gasteiger partial charge on any atom is 0.329 e. The Bertz CT molecular complexity index is 941. The number of hydrogen-bond donors (Lipinski definition) is 2. The van der Waals surface area contributed by atoms with Gasteiger partial charge in [-0.25, -0.2) is 9.78 Å². The number of methoxy groups -OCH3 is 1. The Balaban J connectivity index is 1.72. The van der Waals surface area contributed by atoms with Crippen LogP contribution in [0.1, 0.15) is 48.5 Å². The van der Waals surface area contributed by atoms with Crippen molar-refractivity contribution in [2.45, 2.75) is 44.6 Å². The fourth-order valence-corrected chi connectivity index (χ4v) is 3.95. The van der Waals surface area contributed by atoms with Gasteiger partial charge in [0.25, 0.3) is 11.8 Å². The minimum atomic E-state index is -1.26. The summed E-state index contributed by atoms with van der Waals surface area (Å²) >= 11 is 6.18. The average Bonchev–Trinajstić information content (AvgIpc) is 2.76. The first-order valence-electron chi connectivity index (χ1n) is 10.3. The molecule has 1 fully saturated rings. The molecule has 1 amide bonds. The number of carboxylic acid groups (broad SMARTS) is 1. The number of ether oxygens (including phenoxy) is 2. The van der Waals surface area contributed by atoms with E-state index < -0.39 is 17.4 Å². The second-order valence-corrected chi connectivity index (χ2v) is 8.35. The van der Waals surface area contributed by atoms with E-state index in [0.717, 1.165) is 18.4 Å². The molecule has 166 valence electrons. The first-order valence-corrected chi connectivity index (χ1v) is 10.7. The van der Waals surface area contributed by atoms with E-state index in [9.17, 15) is 14.7 Å². The molecule has 2 aromatic rings. The van der Waals surface area contributed by atoms with Crippen molar-refractivity contribution >= 4 is 23.5 Å². The van der Waals surface area contributed by atoms with E-state index in [1.54, 1.807) is 0 Å². The number of carbonyl (C=O) groups is 2. The number of halogens is 1. The van der Waals surface area contributed by atoms with Crippen molar-refractivity contribution in [3.05, 3.63) is 52.7 Å². The molecular weight excluding hydrogens is 420 g/mol. The molecule has 1 aromatic carbocycles. The molecule has 1 saturated carbocycles. The highest BCUT2D eigenvalue weighted by molar-refractivity contribution is 6.31. The summed E-state index contributed by atoms with van der Waals surface area (Å²) in [6, 6.07) is 9.02. The van der Waals surface area contributed by atoms with Crippen LogP contribution in [0.4, 0.5) is 0 Å². The number of aliphatic carboxylic acids is 1. The maximum absolute atomic E-state index is 12.9. The molecule has 7 nitrogen and oxygen atoms in total. The Labute approximate surface area is 186 Å². The summed E-state index contributed by atoms with van der Waals surface area (Å²) in [7, 11) is 1.46. The number of amides is 1. The third kappa shape index (κ3) is 5.47. The maximum atomic E-state index is 12.9. The average molecular weight is 447 g/mol. The van der Waals surface area contributed by atoms with E-state index in [1.807, 2.05) is 24.3 Å². The van der Waals surface area contributed by atoms with E-state index in [4.69, 9.17) is 21.1 Å². The standard InChI is InChI=1S/C23H27ClN2O5/c1-15-7-10-23(11-8-15,22(28)29)26-20(27)17-13-19(21(30-2)25-14-17)31-12-9-16-5-3-4-6-18(16)24/h3-6,13-15H,7-12H2,1-2H3,(H,26,27)(H,28,29). The van der Waals surface area contributed by atoms with Crippen molar-refractivity contribution in [2.75, 3.05) is 13.7 Å². The topological polar surface area (TPSA) is 97.8 Å². The monoisotopic (exact) mass is 446 g/mol. The van der Waals surface area contributed by atoms with Gasteiger partial charge in [0.15, 0.2) is 5.75 Å². The van der Waals surface area contributed by atoms with Crippen LogP contribution in [0.2, 0.25) is 5.02 Å². The first kappa shape index (κ1) is 22.9. The molecule has 1 heterocycles. The lowest BCUT2D eigenvalue weighted by Gasteiger charge is -2.36. The zero-order valence-corrected chi connectivity index (χ0v) is 18.4. The zero-order valence-electron chi connectivity index (χ0n) is 17.7. The van der Waals surface area contributed by atoms with Gasteiger partial charge in [-0.15, -0.1) is 0 Å². The second kappa shape index (κ2) is 10.0. The van der Waals surface area contributed by atoms with Crippen LogP contribution in [0.5, 0.6) is 11.6 Å². The van der Waals surface area contributed by atoms with Gasteiger partial charge in [-0.1, -0.05) is 36.7 Å². The second-order valence-electron chi connectivity index (χ2n) is 7.95. The number of aromatic nitrogens is 1. The molecule has 0 spiro atoms. The van der Waals surface area contributed by atoms with Crippen LogP contribution in [0.15, 0.2) is 36.5 Å². The number of nitrogens with one attached hydrogen (secondary N) is 1. The number of nitrogens with zero attached hydrogens (tertiary/aromatic N) is 1. The summed E-state index contributed by atoms with van der Waals surface area (Å²) in [4.78, 5) is 29.0. The van der Waals surface area contributed by atoms with Crippen molar-refractivity contribution in [1.82, 2.24) is 10.3 Å². The molecule has 31 heavy (non-hydrogen) atoms. The van der Waals surface area contributed by atoms with Gasteiger partial charge < -0.3 is 19.9 Å². The highest BCUT2D eigenvalue weighted by Gasteiger charge is 2.42. The van der Waals surface area contributed by atoms with E-state index in [2.05, 4.69) is 17.2 Å². The molecule has 8 heteroatoms. The van der Waals surface area contributed by atoms with Crippen LogP contribution in [0.3, 0.4) is 0 Å². The van der Waals surface area contributed by atoms with E-state index in [1.165, 1.54) is 19.4 Å². The van der Waals surface area contributed by atoms with E-state index >= 15 is 0 Å². The van der Waals surface area contributed by atoms with Gasteiger partial charge in [0.1, 0.15) is 5.54 Å². The van der Waals surface area contributed by atoms with E-state index in [-0.39, 0.29) is 11.4 Å². The summed E-state index contributed by atoms with van der Waals surface area (Å²) < 4.78 is 11.1. The lowest BCUT2D eigenvalue weighted by Crippen LogP contribution is -2.56. The fraction of sp³-hybridized carbons (Fsp3) is 0.435. The Morgan fingerprint density at radius 1 is 1.29 bits per heavy atom. The number of rotatable bonds is 8. The summed E-state index contributed by atoms with van der Waals surface area (Å²) in [6.45, 7) is 2.40. The lowest BCUT2D eigenvalue weighted by molar-refractivity contribution is -0.146. The highest BCUT2D eigenvalue weighted by atomic mass is 35.5. The Hall–Kier alpha value is -2.80. The van der Waals surface area contributed by atoms with Gasteiger partial charge in [0.2, 0.25) is 0 Å². The predicted octanol–water partition coefficient (Wildman–Crippen LogP) is 4.13. The highest BCUT2D eigenvalue weighted by Crippen LogP contribution is 2.33. The number of hydrogen-bond acceptors (Lipinski definition) is 5. The lowest BCUT2D eigenvalue weighted by atomic mass is 9.77. The molecule has 0 aliphatic heterocycles. The van der Waals surface area contributed by atoms with Crippen LogP contribution in [-0.4, -0.2) is 41.2 Å². The minimum absolute atomic E-state index is 0.216. The van der Waals surface area contributed by atoms with Crippen LogP contribution in [0.25, 0.3) is 0 Å². The Morgan fingerprint density at radius 3 is 2.65 bits per heavy atom. The largest absolute Gasteiger partial charge is 0.488 e. The molecule has 0 atom stereocenters. The molecule has 1 aromatic heterocycles. The van der Waals surface area contributed by atoms with Gasteiger partial charge >= 0.3 is 5.97 Å². The number of carboxylic acids is 1. The quantitative estimate of drug-likeness (QED) is 0.632. The molecular formula is C23H27ClN2O5. The normalized spacial score (nSPS) is 20.7. The molecule has 1 aliphatic rings. The van der Waals surface area contributed by atoms with Crippen LogP contribution >= 0.6 is 11.6 Å². The fourth-order valence-electron chi connectivity index (χ4n) is 3.72. The van der Waals surface area contributed by atoms with Crippen LogP contribution in [-0.2, 0) is 11.2 Å². The molecule has 1 aliphatic carbocycles. The Kier molecular flexibility index (Phi) is 7.38. The molecule has 0 radical (unpaired) electrons. The smallest absolute Gasteiger partial charge is 0.329 e. The third-order valence-corrected chi connectivity index (χ3v) is 6.12. The number of pyridine rings is 1. The van der Waals surface area contributed by atoms with Gasteiger partial charge in [-0.2, -0.15) is 0 Å². The number of benzene rings is 1. The predicted molar refractivity (Wildman–Crippen MR) is 117 cm³/mol. The van der Waals surface area contributed by atoms with Crippen molar-refractivity contribution in [2.24, 2.45) is 5.92 Å². The third-order valence-electron chi connectivity index (χ3n) is 5.75. The van der Waals surface area contributed by atoms with Crippen molar-refractivity contribution in [3.8, 4) is 11.6 Å². The van der Waals surface area contributed by atoms with Crippen molar-refractivity contribution < 1.29 is 24.2 Å². The summed E-state index contributed by atoms with van der Waals surface area (Å²) in [5, 5.41) is 13.2. The molecule has 0 unspecified atom stereocenters. The molecule has 0 bridgehead atoms. The zero-order chi connectivity index (χ0) is 22.4. The van der Waals surface area contributed by atoms with Crippen LogP contribution in [0, 0.1) is 5.92 Å².